The molecule has 41 heavy (non-hydrogen) atoms. The molecule has 0 amide bonds. The molecule has 232 valence electrons. The van der Waals surface area contributed by atoms with Gasteiger partial charge in [-0.2, -0.15) is 0 Å². The van der Waals surface area contributed by atoms with E-state index in [1.54, 1.807) is 0 Å². The van der Waals surface area contributed by atoms with Gasteiger partial charge in [0.05, 0.1) is 12.2 Å². The van der Waals surface area contributed by atoms with Gasteiger partial charge in [0.25, 0.3) is 0 Å². The first kappa shape index (κ1) is 36.6. The summed E-state index contributed by atoms with van der Waals surface area (Å²) < 4.78 is 15.8. The SMILES string of the molecule is CC/C=C\CC1OC1C/C=C\C/C=C\C/C=C\C/C=C\CCC(=O)OC[C@H](O)COC(=O)CCCCCCCCC. The summed E-state index contributed by atoms with van der Waals surface area (Å²) in [7, 11) is 0. The Morgan fingerprint density at radius 3 is 1.73 bits per heavy atom. The van der Waals surface area contributed by atoms with Gasteiger partial charge in [-0.25, -0.2) is 0 Å². The Kier molecular flexibility index (Phi) is 23.6. The molecule has 0 aliphatic carbocycles. The van der Waals surface area contributed by atoms with Crippen molar-refractivity contribution >= 4 is 11.9 Å². The maximum Gasteiger partial charge on any atom is 0.306 e. The first-order chi connectivity index (χ1) is 20.1. The number of carbonyl (C=O) groups is 2. The molecule has 2 unspecified atom stereocenters. The zero-order chi connectivity index (χ0) is 29.8. The van der Waals surface area contributed by atoms with Gasteiger partial charge in [-0.1, -0.05) is 113 Å². The van der Waals surface area contributed by atoms with Gasteiger partial charge in [-0.05, 0) is 51.4 Å². The van der Waals surface area contributed by atoms with Crippen LogP contribution >= 0.6 is 0 Å². The number of hydrogen-bond donors (Lipinski definition) is 1. The van der Waals surface area contributed by atoms with Gasteiger partial charge in [0.1, 0.15) is 19.3 Å². The van der Waals surface area contributed by atoms with Gasteiger partial charge in [0, 0.05) is 12.8 Å². The van der Waals surface area contributed by atoms with E-state index in [1.165, 1.54) is 25.7 Å². The van der Waals surface area contributed by atoms with E-state index in [2.05, 4.69) is 62.5 Å². The van der Waals surface area contributed by atoms with E-state index < -0.39 is 6.10 Å². The van der Waals surface area contributed by atoms with Crippen LogP contribution in [0.4, 0.5) is 0 Å². The number of unbranched alkanes of at least 4 members (excludes halogenated alkanes) is 6. The standard InChI is InChI=1S/C35H56O6/c1-3-5-7-8-15-19-23-27-34(37)39-29-31(36)30-40-35(38)28-24-20-17-14-12-10-9-11-13-16-18-22-26-33-32(41-33)25-21-6-4-2/h6,10-13,17-18,20-22,31-33,36H,3-5,7-9,14-16,19,23-30H2,1-2H3/b12-10-,13-11-,20-17-,21-6-,22-18-/t31-,32?,33?/m1/s1. The number of aliphatic hydroxyl groups excluding tert-OH is 1. The molecule has 1 rings (SSSR count). The molecular formula is C35H56O6. The Morgan fingerprint density at radius 1 is 0.659 bits per heavy atom. The van der Waals surface area contributed by atoms with Crippen molar-refractivity contribution in [2.24, 2.45) is 0 Å². The third-order valence-corrected chi connectivity index (χ3v) is 6.68. The zero-order valence-corrected chi connectivity index (χ0v) is 25.7. The summed E-state index contributed by atoms with van der Waals surface area (Å²) >= 11 is 0. The number of epoxide rings is 1. The molecular weight excluding hydrogens is 516 g/mol. The maximum absolute atomic E-state index is 11.8. The molecule has 0 aromatic heterocycles. The minimum Gasteiger partial charge on any atom is -0.463 e. The van der Waals surface area contributed by atoms with Gasteiger partial charge in [-0.3, -0.25) is 9.59 Å². The summed E-state index contributed by atoms with van der Waals surface area (Å²) in [6.07, 6.45) is 36.2. The van der Waals surface area contributed by atoms with Crippen molar-refractivity contribution in [3.63, 3.8) is 0 Å². The second kappa shape index (κ2) is 26.5. The lowest BCUT2D eigenvalue weighted by Crippen LogP contribution is -2.25. The quantitative estimate of drug-likeness (QED) is 0.0486. The van der Waals surface area contributed by atoms with E-state index in [1.807, 2.05) is 12.2 Å². The molecule has 6 heteroatoms. The Bertz CT molecular complexity index is 809. The van der Waals surface area contributed by atoms with E-state index >= 15 is 0 Å². The number of rotatable bonds is 26. The molecule has 0 bridgehead atoms. The fourth-order valence-corrected chi connectivity index (χ4v) is 4.15. The highest BCUT2D eigenvalue weighted by atomic mass is 16.6. The summed E-state index contributed by atoms with van der Waals surface area (Å²) in [6.45, 7) is 4.03. The molecule has 1 fully saturated rings. The number of hydrogen-bond acceptors (Lipinski definition) is 6. The molecule has 0 saturated carbocycles. The van der Waals surface area contributed by atoms with Crippen molar-refractivity contribution in [2.75, 3.05) is 13.2 Å². The Labute approximate surface area is 249 Å². The summed E-state index contributed by atoms with van der Waals surface area (Å²) in [5.41, 5.74) is 0. The fourth-order valence-electron chi connectivity index (χ4n) is 4.15. The molecule has 1 saturated heterocycles. The largest absolute Gasteiger partial charge is 0.463 e. The van der Waals surface area contributed by atoms with E-state index in [0.717, 1.165) is 57.8 Å². The molecule has 0 aromatic carbocycles. The zero-order valence-electron chi connectivity index (χ0n) is 25.7. The number of esters is 2. The van der Waals surface area contributed by atoms with Crippen LogP contribution in [0.25, 0.3) is 0 Å². The smallest absolute Gasteiger partial charge is 0.306 e. The number of aliphatic hydroxyl groups is 1. The summed E-state index contributed by atoms with van der Waals surface area (Å²) in [5.74, 6) is -0.679. The second-order valence-electron chi connectivity index (χ2n) is 10.6. The van der Waals surface area contributed by atoms with Gasteiger partial charge in [0.2, 0.25) is 0 Å². The topological polar surface area (TPSA) is 85.4 Å². The van der Waals surface area contributed by atoms with Crippen LogP contribution in [0.5, 0.6) is 0 Å². The lowest BCUT2D eigenvalue weighted by molar-refractivity contribution is -0.152. The van der Waals surface area contributed by atoms with Crippen LogP contribution < -0.4 is 0 Å². The molecule has 1 aliphatic heterocycles. The van der Waals surface area contributed by atoms with Crippen molar-refractivity contribution in [1.29, 1.82) is 0 Å². The predicted molar refractivity (Wildman–Crippen MR) is 168 cm³/mol. The van der Waals surface area contributed by atoms with Crippen LogP contribution in [0, 0.1) is 0 Å². The van der Waals surface area contributed by atoms with Gasteiger partial charge in [0.15, 0.2) is 0 Å². The minimum absolute atomic E-state index is 0.144. The van der Waals surface area contributed by atoms with Crippen LogP contribution in [0.3, 0.4) is 0 Å². The molecule has 6 nitrogen and oxygen atoms in total. The number of carbonyl (C=O) groups excluding carboxylic acids is 2. The molecule has 0 aromatic rings. The van der Waals surface area contributed by atoms with Crippen molar-refractivity contribution < 1.29 is 28.9 Å². The molecule has 1 N–H and O–H groups in total. The third-order valence-electron chi connectivity index (χ3n) is 6.68. The average molecular weight is 573 g/mol. The lowest BCUT2D eigenvalue weighted by Gasteiger charge is -2.12. The highest BCUT2D eigenvalue weighted by Crippen LogP contribution is 2.29. The van der Waals surface area contributed by atoms with E-state index in [0.29, 0.717) is 25.0 Å². The third kappa shape index (κ3) is 23.9. The molecule has 3 atom stereocenters. The molecule has 0 spiro atoms. The van der Waals surface area contributed by atoms with Crippen LogP contribution in [0.1, 0.15) is 117 Å². The second-order valence-corrected chi connectivity index (χ2v) is 10.6. The Hall–Kier alpha value is -2.44. The average Bonchev–Trinajstić information content (AvgIpc) is 3.72. The maximum atomic E-state index is 11.8. The van der Waals surface area contributed by atoms with Gasteiger partial charge < -0.3 is 19.3 Å². The van der Waals surface area contributed by atoms with Crippen molar-refractivity contribution in [1.82, 2.24) is 0 Å². The Balaban J connectivity index is 1.93. The van der Waals surface area contributed by atoms with Gasteiger partial charge in [-0.15, -0.1) is 0 Å². The predicted octanol–water partition coefficient (Wildman–Crippen LogP) is 8.26. The van der Waals surface area contributed by atoms with Crippen LogP contribution in [-0.2, 0) is 23.8 Å². The molecule has 1 heterocycles. The first-order valence-electron chi connectivity index (χ1n) is 16.0. The van der Waals surface area contributed by atoms with E-state index in [4.69, 9.17) is 14.2 Å². The fraction of sp³-hybridized carbons (Fsp3) is 0.657. The molecule has 0 radical (unpaired) electrons. The normalized spacial score (nSPS) is 17.9. The molecule has 1 aliphatic rings. The summed E-state index contributed by atoms with van der Waals surface area (Å²) in [4.78, 5) is 23.6. The Morgan fingerprint density at radius 2 is 1.15 bits per heavy atom. The van der Waals surface area contributed by atoms with Gasteiger partial charge >= 0.3 is 11.9 Å². The number of ether oxygens (including phenoxy) is 3. The summed E-state index contributed by atoms with van der Waals surface area (Å²) in [5, 5.41) is 9.89. The highest BCUT2D eigenvalue weighted by Gasteiger charge is 2.35. The van der Waals surface area contributed by atoms with Crippen molar-refractivity contribution in [3.05, 3.63) is 60.8 Å². The number of allylic oxidation sites excluding steroid dienone is 8. The lowest BCUT2D eigenvalue weighted by atomic mass is 10.1. The van der Waals surface area contributed by atoms with E-state index in [9.17, 15) is 14.7 Å². The van der Waals surface area contributed by atoms with Crippen LogP contribution in [-0.4, -0.2) is 48.6 Å². The van der Waals surface area contributed by atoms with E-state index in [-0.39, 0.29) is 31.6 Å². The van der Waals surface area contributed by atoms with Crippen LogP contribution in [0.15, 0.2) is 60.8 Å². The highest BCUT2D eigenvalue weighted by molar-refractivity contribution is 5.70. The first-order valence-corrected chi connectivity index (χ1v) is 16.0. The monoisotopic (exact) mass is 572 g/mol. The van der Waals surface area contributed by atoms with Crippen LogP contribution in [0.2, 0.25) is 0 Å². The summed E-state index contributed by atoms with van der Waals surface area (Å²) in [6, 6.07) is 0. The minimum atomic E-state index is -0.995. The van der Waals surface area contributed by atoms with Crippen molar-refractivity contribution in [2.45, 2.75) is 135 Å². The van der Waals surface area contributed by atoms with Crippen molar-refractivity contribution in [3.8, 4) is 0 Å².